The van der Waals surface area contributed by atoms with Crippen molar-refractivity contribution in [2.75, 3.05) is 18.4 Å². The molecule has 6 nitrogen and oxygen atoms in total. The molecule has 2 N–H and O–H groups in total. The quantitative estimate of drug-likeness (QED) is 0.864. The monoisotopic (exact) mass is 372 g/mol. The van der Waals surface area contributed by atoms with Crippen LogP contribution in [0.4, 0.5) is 5.69 Å². The predicted molar refractivity (Wildman–Crippen MR) is 97.3 cm³/mol. The number of amides is 1. The highest BCUT2D eigenvalue weighted by Gasteiger charge is 2.36. The van der Waals surface area contributed by atoms with Crippen LogP contribution in [0.15, 0.2) is 52.3 Å². The second-order valence-electron chi connectivity index (χ2n) is 6.66. The van der Waals surface area contributed by atoms with Crippen molar-refractivity contribution in [3.05, 3.63) is 48.0 Å². The van der Waals surface area contributed by atoms with E-state index in [1.165, 1.54) is 19.1 Å². The fourth-order valence-electron chi connectivity index (χ4n) is 3.62. The zero-order valence-corrected chi connectivity index (χ0v) is 15.2. The van der Waals surface area contributed by atoms with E-state index in [0.29, 0.717) is 17.4 Å². The minimum atomic E-state index is -3.65. The lowest BCUT2D eigenvalue weighted by atomic mass is 9.90. The van der Waals surface area contributed by atoms with Crippen molar-refractivity contribution >= 4 is 21.4 Å². The summed E-state index contributed by atoms with van der Waals surface area (Å²) < 4.78 is 31.8. The van der Waals surface area contributed by atoms with Crippen LogP contribution < -0.4 is 15.4 Å². The van der Waals surface area contributed by atoms with E-state index in [4.69, 9.17) is 4.74 Å². The van der Waals surface area contributed by atoms with Gasteiger partial charge in [0.25, 0.3) is 0 Å². The third kappa shape index (κ3) is 2.97. The van der Waals surface area contributed by atoms with Gasteiger partial charge >= 0.3 is 0 Å². The summed E-state index contributed by atoms with van der Waals surface area (Å²) in [5, 5.41) is 5.93. The van der Waals surface area contributed by atoms with Crippen molar-refractivity contribution in [2.24, 2.45) is 0 Å². The molecule has 2 aromatic rings. The molecule has 7 heteroatoms. The first-order valence-corrected chi connectivity index (χ1v) is 10.1. The van der Waals surface area contributed by atoms with Crippen molar-refractivity contribution in [3.63, 3.8) is 0 Å². The number of piperidine rings is 1. The van der Waals surface area contributed by atoms with Crippen LogP contribution in [0.3, 0.4) is 0 Å². The van der Waals surface area contributed by atoms with Crippen LogP contribution in [-0.4, -0.2) is 33.5 Å². The lowest BCUT2D eigenvalue weighted by Gasteiger charge is -2.24. The molecule has 136 valence electrons. The molecule has 4 rings (SSSR count). The van der Waals surface area contributed by atoms with Gasteiger partial charge in [-0.3, -0.25) is 4.79 Å². The summed E-state index contributed by atoms with van der Waals surface area (Å²) in [6.45, 7) is 3.14. The Kier molecular flexibility index (Phi) is 4.20. The Labute approximate surface area is 152 Å². The van der Waals surface area contributed by atoms with Gasteiger partial charge in [-0.2, -0.15) is 0 Å². The number of carbonyl (C=O) groups is 1. The van der Waals surface area contributed by atoms with E-state index in [9.17, 15) is 13.2 Å². The molecule has 0 spiro atoms. The van der Waals surface area contributed by atoms with Crippen molar-refractivity contribution in [1.29, 1.82) is 0 Å². The van der Waals surface area contributed by atoms with Gasteiger partial charge in [0.2, 0.25) is 15.7 Å². The van der Waals surface area contributed by atoms with Crippen LogP contribution in [0.5, 0.6) is 5.75 Å². The van der Waals surface area contributed by atoms with E-state index in [-0.39, 0.29) is 21.8 Å². The molecular formula is C19H20N2O4S. The maximum absolute atomic E-state index is 12.9. The van der Waals surface area contributed by atoms with Gasteiger partial charge in [0.15, 0.2) is 0 Å². The summed E-state index contributed by atoms with van der Waals surface area (Å²) in [4.78, 5) is 11.5. The van der Waals surface area contributed by atoms with Crippen LogP contribution in [0.25, 0.3) is 0 Å². The molecule has 0 aromatic heterocycles. The normalized spacial score (nSPS) is 21.4. The fraction of sp³-hybridized carbons (Fsp3) is 0.316. The molecule has 0 radical (unpaired) electrons. The fourth-order valence-corrected chi connectivity index (χ4v) is 4.90. The molecule has 2 aliphatic heterocycles. The summed E-state index contributed by atoms with van der Waals surface area (Å²) in [6.07, 6.45) is 1.07. The maximum atomic E-state index is 12.9. The van der Waals surface area contributed by atoms with E-state index < -0.39 is 9.84 Å². The number of hydrogen-bond donors (Lipinski definition) is 2. The highest BCUT2D eigenvalue weighted by molar-refractivity contribution is 7.91. The van der Waals surface area contributed by atoms with Crippen molar-refractivity contribution in [1.82, 2.24) is 5.32 Å². The number of ether oxygens (including phenoxy) is 1. The first-order valence-electron chi connectivity index (χ1n) is 8.59. The van der Waals surface area contributed by atoms with Gasteiger partial charge < -0.3 is 15.4 Å². The Morgan fingerprint density at radius 3 is 2.62 bits per heavy atom. The molecular weight excluding hydrogens is 352 g/mol. The predicted octanol–water partition coefficient (Wildman–Crippen LogP) is 2.32. The maximum Gasteiger partial charge on any atom is 0.221 e. The number of hydrogen-bond acceptors (Lipinski definition) is 5. The molecule has 2 heterocycles. The topological polar surface area (TPSA) is 84.5 Å². The third-order valence-corrected chi connectivity index (χ3v) is 6.65. The van der Waals surface area contributed by atoms with Crippen LogP contribution in [0.1, 0.15) is 24.8 Å². The Morgan fingerprint density at radius 2 is 1.88 bits per heavy atom. The zero-order chi connectivity index (χ0) is 18.3. The average molecular weight is 372 g/mol. The largest absolute Gasteiger partial charge is 0.488 e. The molecule has 0 bridgehead atoms. The van der Waals surface area contributed by atoms with Crippen LogP contribution in [0, 0.1) is 0 Å². The molecule has 2 unspecified atom stereocenters. The molecule has 0 aliphatic carbocycles. The van der Waals surface area contributed by atoms with Gasteiger partial charge in [0.05, 0.1) is 9.79 Å². The van der Waals surface area contributed by atoms with Crippen LogP contribution in [-0.2, 0) is 14.6 Å². The van der Waals surface area contributed by atoms with Crippen molar-refractivity contribution in [3.8, 4) is 5.75 Å². The molecule has 0 saturated carbocycles. The van der Waals surface area contributed by atoms with E-state index in [2.05, 4.69) is 10.6 Å². The average Bonchev–Trinajstić information content (AvgIpc) is 2.99. The number of carbonyl (C=O) groups excluding carboxylic acids is 1. The van der Waals surface area contributed by atoms with Crippen molar-refractivity contribution < 1.29 is 17.9 Å². The first-order chi connectivity index (χ1) is 12.4. The van der Waals surface area contributed by atoms with Gasteiger partial charge in [0.1, 0.15) is 11.9 Å². The smallest absolute Gasteiger partial charge is 0.221 e. The molecule has 2 aliphatic rings. The van der Waals surface area contributed by atoms with E-state index in [1.54, 1.807) is 24.3 Å². The first kappa shape index (κ1) is 17.1. The summed E-state index contributed by atoms with van der Waals surface area (Å²) in [5.41, 5.74) is 1.65. The molecule has 2 atom stereocenters. The Hall–Kier alpha value is -2.38. The van der Waals surface area contributed by atoms with Gasteiger partial charge in [-0.15, -0.1) is 0 Å². The standard InChI is InChI=1S/C19H20N2O4S/c1-12(22)21-13-2-4-14(5-3-13)26(23,24)15-6-7-16-17-8-9-20-11-19(17)25-18(16)10-15/h2-7,10,17,19-20H,8-9,11H2,1H3,(H,21,22). The number of sulfone groups is 1. The third-order valence-electron chi connectivity index (χ3n) is 4.88. The summed E-state index contributed by atoms with van der Waals surface area (Å²) in [5.74, 6) is 0.798. The van der Waals surface area contributed by atoms with Crippen LogP contribution in [0.2, 0.25) is 0 Å². The van der Waals surface area contributed by atoms with E-state index in [1.807, 2.05) is 6.07 Å². The number of rotatable bonds is 3. The summed E-state index contributed by atoms with van der Waals surface area (Å²) >= 11 is 0. The Bertz CT molecular complexity index is 954. The number of benzene rings is 2. The number of anilines is 1. The van der Waals surface area contributed by atoms with E-state index >= 15 is 0 Å². The second kappa shape index (κ2) is 6.41. The minimum Gasteiger partial charge on any atom is -0.488 e. The summed E-state index contributed by atoms with van der Waals surface area (Å²) in [7, 11) is -3.65. The zero-order valence-electron chi connectivity index (χ0n) is 14.4. The second-order valence-corrected chi connectivity index (χ2v) is 8.61. The number of fused-ring (bicyclic) bond motifs is 3. The van der Waals surface area contributed by atoms with Gasteiger partial charge in [-0.05, 0) is 49.4 Å². The molecule has 2 aromatic carbocycles. The van der Waals surface area contributed by atoms with Crippen LogP contribution >= 0.6 is 0 Å². The summed E-state index contributed by atoms with van der Waals surface area (Å²) in [6, 6.07) is 11.3. The molecule has 1 fully saturated rings. The molecule has 1 amide bonds. The van der Waals surface area contributed by atoms with Gasteiger partial charge in [-0.25, -0.2) is 8.42 Å². The lowest BCUT2D eigenvalue weighted by Crippen LogP contribution is -2.39. The number of nitrogens with one attached hydrogen (secondary N) is 2. The minimum absolute atomic E-state index is 0.0774. The molecule has 26 heavy (non-hydrogen) atoms. The Balaban J connectivity index is 1.64. The highest BCUT2D eigenvalue weighted by Crippen LogP contribution is 2.42. The van der Waals surface area contributed by atoms with Gasteiger partial charge in [0, 0.05) is 30.6 Å². The van der Waals surface area contributed by atoms with E-state index in [0.717, 1.165) is 25.1 Å². The highest BCUT2D eigenvalue weighted by atomic mass is 32.2. The molecule has 1 saturated heterocycles. The van der Waals surface area contributed by atoms with Gasteiger partial charge in [-0.1, -0.05) is 6.07 Å². The van der Waals surface area contributed by atoms with Crippen molar-refractivity contribution in [2.45, 2.75) is 35.2 Å². The lowest BCUT2D eigenvalue weighted by molar-refractivity contribution is -0.114. The SMILES string of the molecule is CC(=O)Nc1ccc(S(=O)(=O)c2ccc3c(c2)OC2CNCCC32)cc1. The Morgan fingerprint density at radius 1 is 1.15 bits per heavy atom.